The molecule has 2 N–H and O–H groups in total. The minimum atomic E-state index is -3.78. The summed E-state index contributed by atoms with van der Waals surface area (Å²) < 4.78 is 26.4. The van der Waals surface area contributed by atoms with Gasteiger partial charge in [-0.25, -0.2) is 8.42 Å². The van der Waals surface area contributed by atoms with Gasteiger partial charge >= 0.3 is 0 Å². The van der Waals surface area contributed by atoms with Gasteiger partial charge in [0.1, 0.15) is 0 Å². The summed E-state index contributed by atoms with van der Waals surface area (Å²) in [7, 11) is -0.665. The molecule has 1 aliphatic rings. The van der Waals surface area contributed by atoms with Crippen LogP contribution in [0.2, 0.25) is 0 Å². The summed E-state index contributed by atoms with van der Waals surface area (Å²) in [6.07, 6.45) is 1.73. The lowest BCUT2D eigenvalue weighted by molar-refractivity contribution is -0.132. The third-order valence-corrected chi connectivity index (χ3v) is 6.31. The summed E-state index contributed by atoms with van der Waals surface area (Å²) in [5.74, 6) is -0.456. The molecule has 1 heterocycles. The van der Waals surface area contributed by atoms with Gasteiger partial charge in [-0.1, -0.05) is 0 Å². The number of rotatable bonds is 6. The first-order chi connectivity index (χ1) is 12.2. The molecule has 0 saturated carbocycles. The zero-order valence-electron chi connectivity index (χ0n) is 15.4. The number of carbonyl (C=O) groups excluding carboxylic acids is 2. The molecular weight excluding hydrogens is 356 g/mol. The number of benzene rings is 1. The van der Waals surface area contributed by atoms with E-state index in [9.17, 15) is 18.0 Å². The summed E-state index contributed by atoms with van der Waals surface area (Å²) in [6.45, 7) is 2.88. The Labute approximate surface area is 154 Å². The maximum absolute atomic E-state index is 12.7. The van der Waals surface area contributed by atoms with Crippen LogP contribution in [0.15, 0.2) is 29.2 Å². The molecular formula is C17H26N4O4S. The van der Waals surface area contributed by atoms with Crippen molar-refractivity contribution in [1.82, 2.24) is 14.5 Å². The monoisotopic (exact) mass is 382 g/mol. The Bertz CT molecular complexity index is 743. The van der Waals surface area contributed by atoms with Crippen molar-refractivity contribution in [3.63, 3.8) is 0 Å². The molecule has 0 aromatic heterocycles. The highest BCUT2D eigenvalue weighted by atomic mass is 32.2. The van der Waals surface area contributed by atoms with Crippen LogP contribution in [-0.4, -0.2) is 69.2 Å². The highest BCUT2D eigenvalue weighted by molar-refractivity contribution is 7.89. The van der Waals surface area contributed by atoms with Crippen molar-refractivity contribution in [2.24, 2.45) is 0 Å². The SMILES string of the molecule is CC(=O)Nc1ccc(S(=O)(=O)N(C)CC(=O)N(C)C2CCNCC2)cc1. The molecule has 0 aliphatic carbocycles. The van der Waals surface area contributed by atoms with E-state index in [1.807, 2.05) is 0 Å². The van der Waals surface area contributed by atoms with Crippen molar-refractivity contribution in [3.8, 4) is 0 Å². The zero-order chi connectivity index (χ0) is 19.3. The second-order valence-electron chi connectivity index (χ2n) is 6.45. The molecule has 0 spiro atoms. The van der Waals surface area contributed by atoms with Gasteiger partial charge in [-0.2, -0.15) is 4.31 Å². The maximum Gasteiger partial charge on any atom is 0.243 e. The number of piperidine rings is 1. The molecule has 1 fully saturated rings. The van der Waals surface area contributed by atoms with E-state index >= 15 is 0 Å². The lowest BCUT2D eigenvalue weighted by Crippen LogP contribution is -2.47. The van der Waals surface area contributed by atoms with E-state index in [0.29, 0.717) is 5.69 Å². The predicted octanol–water partition coefficient (Wildman–Crippen LogP) is 0.476. The smallest absolute Gasteiger partial charge is 0.243 e. The van der Waals surface area contributed by atoms with Gasteiger partial charge in [0.05, 0.1) is 11.4 Å². The summed E-state index contributed by atoms with van der Waals surface area (Å²) in [6, 6.07) is 6.00. The summed E-state index contributed by atoms with van der Waals surface area (Å²) in [5.41, 5.74) is 0.515. The summed E-state index contributed by atoms with van der Waals surface area (Å²) in [4.78, 5) is 25.2. The molecule has 9 heteroatoms. The lowest BCUT2D eigenvalue weighted by atomic mass is 10.1. The number of hydrogen-bond acceptors (Lipinski definition) is 5. The number of carbonyl (C=O) groups is 2. The highest BCUT2D eigenvalue weighted by Gasteiger charge is 2.27. The van der Waals surface area contributed by atoms with Crippen LogP contribution in [0.3, 0.4) is 0 Å². The van der Waals surface area contributed by atoms with Crippen LogP contribution < -0.4 is 10.6 Å². The van der Waals surface area contributed by atoms with Crippen molar-refractivity contribution in [2.75, 3.05) is 39.0 Å². The fraction of sp³-hybridized carbons (Fsp3) is 0.529. The number of sulfonamides is 1. The average Bonchev–Trinajstić information content (AvgIpc) is 2.61. The van der Waals surface area contributed by atoms with Crippen molar-refractivity contribution >= 4 is 27.5 Å². The fourth-order valence-electron chi connectivity index (χ4n) is 2.88. The largest absolute Gasteiger partial charge is 0.342 e. The molecule has 2 amide bonds. The first kappa shape index (κ1) is 20.3. The Morgan fingerprint density at radius 3 is 2.27 bits per heavy atom. The van der Waals surface area contributed by atoms with Gasteiger partial charge in [0.25, 0.3) is 0 Å². The topological polar surface area (TPSA) is 98.8 Å². The van der Waals surface area contributed by atoms with Crippen LogP contribution in [0.25, 0.3) is 0 Å². The number of nitrogens with zero attached hydrogens (tertiary/aromatic N) is 2. The molecule has 0 atom stereocenters. The van der Waals surface area contributed by atoms with Crippen LogP contribution >= 0.6 is 0 Å². The molecule has 26 heavy (non-hydrogen) atoms. The third-order valence-electron chi connectivity index (χ3n) is 4.49. The predicted molar refractivity (Wildman–Crippen MR) is 99.2 cm³/mol. The van der Waals surface area contributed by atoms with E-state index in [-0.39, 0.29) is 29.3 Å². The van der Waals surface area contributed by atoms with E-state index in [1.165, 1.54) is 38.2 Å². The molecule has 0 bridgehead atoms. The number of likely N-dealkylation sites (N-methyl/N-ethyl adjacent to an activating group) is 2. The fourth-order valence-corrected chi connectivity index (χ4v) is 4.00. The second kappa shape index (κ2) is 8.61. The molecule has 1 aromatic carbocycles. The van der Waals surface area contributed by atoms with E-state index in [0.717, 1.165) is 30.2 Å². The van der Waals surface area contributed by atoms with Gasteiger partial charge in [0, 0.05) is 32.7 Å². The first-order valence-corrected chi connectivity index (χ1v) is 9.96. The Hall–Kier alpha value is -1.97. The van der Waals surface area contributed by atoms with Crippen molar-refractivity contribution in [2.45, 2.75) is 30.7 Å². The number of anilines is 1. The van der Waals surface area contributed by atoms with Gasteiger partial charge in [0.15, 0.2) is 0 Å². The van der Waals surface area contributed by atoms with Crippen LogP contribution in [-0.2, 0) is 19.6 Å². The van der Waals surface area contributed by atoms with Crippen LogP contribution in [0, 0.1) is 0 Å². The molecule has 0 radical (unpaired) electrons. The summed E-state index contributed by atoms with van der Waals surface area (Å²) >= 11 is 0. The Balaban J connectivity index is 2.03. The molecule has 1 aromatic rings. The second-order valence-corrected chi connectivity index (χ2v) is 8.50. The maximum atomic E-state index is 12.7. The van der Waals surface area contributed by atoms with Gasteiger partial charge in [-0.05, 0) is 50.2 Å². The third kappa shape index (κ3) is 5.03. The van der Waals surface area contributed by atoms with Gasteiger partial charge in [-0.3, -0.25) is 9.59 Å². The standard InChI is InChI=1S/C17H26N4O4S/c1-13(22)19-14-4-6-16(7-5-14)26(24,25)20(2)12-17(23)21(3)15-8-10-18-11-9-15/h4-7,15,18H,8-12H2,1-3H3,(H,19,22). The van der Waals surface area contributed by atoms with E-state index in [4.69, 9.17) is 0 Å². The number of amides is 2. The molecule has 144 valence electrons. The molecule has 1 saturated heterocycles. The Morgan fingerprint density at radius 1 is 1.15 bits per heavy atom. The van der Waals surface area contributed by atoms with Crippen molar-refractivity contribution in [3.05, 3.63) is 24.3 Å². The van der Waals surface area contributed by atoms with E-state index < -0.39 is 10.0 Å². The molecule has 2 rings (SSSR count). The molecule has 0 unspecified atom stereocenters. The van der Waals surface area contributed by atoms with Crippen molar-refractivity contribution in [1.29, 1.82) is 0 Å². The number of hydrogen-bond donors (Lipinski definition) is 2. The average molecular weight is 382 g/mol. The Kier molecular flexibility index (Phi) is 6.74. The van der Waals surface area contributed by atoms with Crippen LogP contribution in [0.1, 0.15) is 19.8 Å². The van der Waals surface area contributed by atoms with Crippen molar-refractivity contribution < 1.29 is 18.0 Å². The van der Waals surface area contributed by atoms with E-state index in [2.05, 4.69) is 10.6 Å². The van der Waals surface area contributed by atoms with Crippen LogP contribution in [0.4, 0.5) is 5.69 Å². The summed E-state index contributed by atoms with van der Waals surface area (Å²) in [5, 5.41) is 5.82. The quantitative estimate of drug-likeness (QED) is 0.745. The lowest BCUT2D eigenvalue weighted by Gasteiger charge is -2.32. The number of nitrogens with one attached hydrogen (secondary N) is 2. The van der Waals surface area contributed by atoms with Gasteiger partial charge in [0.2, 0.25) is 21.8 Å². The zero-order valence-corrected chi connectivity index (χ0v) is 16.2. The normalized spacial score (nSPS) is 15.7. The first-order valence-electron chi connectivity index (χ1n) is 8.52. The van der Waals surface area contributed by atoms with Crippen LogP contribution in [0.5, 0.6) is 0 Å². The minimum Gasteiger partial charge on any atom is -0.342 e. The van der Waals surface area contributed by atoms with Gasteiger partial charge in [-0.15, -0.1) is 0 Å². The molecule has 1 aliphatic heterocycles. The molecule has 8 nitrogen and oxygen atoms in total. The van der Waals surface area contributed by atoms with Gasteiger partial charge < -0.3 is 15.5 Å². The Morgan fingerprint density at radius 2 is 1.73 bits per heavy atom. The highest BCUT2D eigenvalue weighted by Crippen LogP contribution is 2.18. The minimum absolute atomic E-state index is 0.0754. The van der Waals surface area contributed by atoms with E-state index in [1.54, 1.807) is 11.9 Å².